The van der Waals surface area contributed by atoms with Gasteiger partial charge in [-0.25, -0.2) is 0 Å². The van der Waals surface area contributed by atoms with E-state index in [1.54, 1.807) is 19.1 Å². The number of hydrogen-bond acceptors (Lipinski definition) is 4. The standard InChI is InChI=1S/C16H21N3O/c1-12(20)15-5-4-13(9-17)8-16(15)19(3)11-14-6-7-18(2)10-14/h4-5,8,14H,6-7,10-11H2,1-3H3. The maximum absolute atomic E-state index is 11.7. The van der Waals surface area contributed by atoms with E-state index in [0.29, 0.717) is 17.0 Å². The van der Waals surface area contributed by atoms with Gasteiger partial charge in [0.25, 0.3) is 0 Å². The van der Waals surface area contributed by atoms with Crippen molar-refractivity contribution < 1.29 is 4.79 Å². The van der Waals surface area contributed by atoms with Crippen molar-refractivity contribution in [3.05, 3.63) is 29.3 Å². The molecule has 0 N–H and O–H groups in total. The fourth-order valence-corrected chi connectivity index (χ4v) is 2.88. The zero-order valence-corrected chi connectivity index (χ0v) is 12.4. The molecule has 1 heterocycles. The predicted octanol–water partition coefficient (Wildman–Crippen LogP) is 2.15. The second-order valence-corrected chi connectivity index (χ2v) is 5.70. The first-order valence-corrected chi connectivity index (χ1v) is 6.96. The Morgan fingerprint density at radius 2 is 2.30 bits per heavy atom. The molecule has 1 saturated heterocycles. The van der Waals surface area contributed by atoms with E-state index in [2.05, 4.69) is 22.9 Å². The Morgan fingerprint density at radius 1 is 1.55 bits per heavy atom. The third-order valence-corrected chi connectivity index (χ3v) is 3.94. The number of hydrogen-bond donors (Lipinski definition) is 0. The van der Waals surface area contributed by atoms with Gasteiger partial charge in [-0.05, 0) is 51.1 Å². The van der Waals surface area contributed by atoms with Gasteiger partial charge in [-0.15, -0.1) is 0 Å². The predicted molar refractivity (Wildman–Crippen MR) is 80.0 cm³/mol. The summed E-state index contributed by atoms with van der Waals surface area (Å²) in [6, 6.07) is 7.42. The Bertz CT molecular complexity index is 547. The van der Waals surface area contributed by atoms with E-state index in [1.807, 2.05) is 13.1 Å². The molecule has 0 saturated carbocycles. The van der Waals surface area contributed by atoms with E-state index in [-0.39, 0.29) is 5.78 Å². The van der Waals surface area contributed by atoms with Crippen molar-refractivity contribution in [1.29, 1.82) is 5.26 Å². The van der Waals surface area contributed by atoms with Gasteiger partial charge in [0, 0.05) is 31.4 Å². The van der Waals surface area contributed by atoms with Crippen LogP contribution in [-0.4, -0.2) is 44.4 Å². The number of likely N-dealkylation sites (tertiary alicyclic amines) is 1. The lowest BCUT2D eigenvalue weighted by atomic mass is 10.0. The van der Waals surface area contributed by atoms with Crippen molar-refractivity contribution in [2.45, 2.75) is 13.3 Å². The summed E-state index contributed by atoms with van der Waals surface area (Å²) < 4.78 is 0. The Kier molecular flexibility index (Phi) is 4.41. The van der Waals surface area contributed by atoms with E-state index in [1.165, 1.54) is 6.42 Å². The second-order valence-electron chi connectivity index (χ2n) is 5.70. The van der Waals surface area contributed by atoms with Gasteiger partial charge in [-0.2, -0.15) is 5.26 Å². The summed E-state index contributed by atoms with van der Waals surface area (Å²) >= 11 is 0. The summed E-state index contributed by atoms with van der Waals surface area (Å²) in [7, 11) is 4.14. The molecule has 106 valence electrons. The quantitative estimate of drug-likeness (QED) is 0.787. The van der Waals surface area contributed by atoms with Crippen molar-refractivity contribution >= 4 is 11.5 Å². The van der Waals surface area contributed by atoms with E-state index in [4.69, 9.17) is 5.26 Å². The van der Waals surface area contributed by atoms with Crippen molar-refractivity contribution in [2.75, 3.05) is 38.6 Å². The number of carbonyl (C=O) groups excluding carboxylic acids is 1. The Balaban J connectivity index is 2.21. The van der Waals surface area contributed by atoms with Crippen molar-refractivity contribution in [3.63, 3.8) is 0 Å². The van der Waals surface area contributed by atoms with Gasteiger partial charge in [-0.3, -0.25) is 4.79 Å². The molecule has 1 atom stereocenters. The minimum atomic E-state index is 0.0416. The van der Waals surface area contributed by atoms with Crippen LogP contribution in [0.15, 0.2) is 18.2 Å². The molecule has 2 rings (SSSR count). The van der Waals surface area contributed by atoms with Crippen LogP contribution in [0, 0.1) is 17.2 Å². The fourth-order valence-electron chi connectivity index (χ4n) is 2.88. The van der Waals surface area contributed by atoms with Crippen molar-refractivity contribution in [1.82, 2.24) is 4.90 Å². The molecule has 0 aliphatic carbocycles. The highest BCUT2D eigenvalue weighted by molar-refractivity contribution is 6.00. The molecule has 1 unspecified atom stereocenters. The first-order valence-electron chi connectivity index (χ1n) is 6.96. The third-order valence-electron chi connectivity index (χ3n) is 3.94. The minimum absolute atomic E-state index is 0.0416. The van der Waals surface area contributed by atoms with Crippen LogP contribution in [0.1, 0.15) is 29.3 Å². The maximum Gasteiger partial charge on any atom is 0.161 e. The number of rotatable bonds is 4. The zero-order valence-electron chi connectivity index (χ0n) is 12.4. The third kappa shape index (κ3) is 3.17. The van der Waals surface area contributed by atoms with Crippen LogP contribution in [0.4, 0.5) is 5.69 Å². The van der Waals surface area contributed by atoms with Gasteiger partial charge < -0.3 is 9.80 Å². The molecule has 1 aromatic carbocycles. The van der Waals surface area contributed by atoms with Crippen LogP contribution < -0.4 is 4.90 Å². The van der Waals surface area contributed by atoms with Crippen molar-refractivity contribution in [3.8, 4) is 6.07 Å². The molecular weight excluding hydrogens is 250 g/mol. The summed E-state index contributed by atoms with van der Waals surface area (Å²) in [6.07, 6.45) is 1.19. The van der Waals surface area contributed by atoms with Crippen LogP contribution in [-0.2, 0) is 0 Å². The van der Waals surface area contributed by atoms with Crippen LogP contribution in [0.5, 0.6) is 0 Å². The van der Waals surface area contributed by atoms with E-state index in [9.17, 15) is 4.79 Å². The molecule has 0 radical (unpaired) electrons. The molecule has 1 aromatic rings. The number of nitriles is 1. The fraction of sp³-hybridized carbons (Fsp3) is 0.500. The molecule has 4 nitrogen and oxygen atoms in total. The summed E-state index contributed by atoms with van der Waals surface area (Å²) in [5.74, 6) is 0.662. The molecule has 1 fully saturated rings. The Hall–Kier alpha value is -1.86. The monoisotopic (exact) mass is 271 g/mol. The van der Waals surface area contributed by atoms with Gasteiger partial charge in [0.15, 0.2) is 5.78 Å². The summed E-state index contributed by atoms with van der Waals surface area (Å²) in [5.41, 5.74) is 2.16. The summed E-state index contributed by atoms with van der Waals surface area (Å²) in [4.78, 5) is 16.2. The van der Waals surface area contributed by atoms with Gasteiger partial charge in [0.2, 0.25) is 0 Å². The summed E-state index contributed by atoms with van der Waals surface area (Å²) in [6.45, 7) is 4.72. The molecule has 1 aliphatic rings. The van der Waals surface area contributed by atoms with Crippen LogP contribution in [0.3, 0.4) is 0 Å². The molecule has 0 bridgehead atoms. The lowest BCUT2D eigenvalue weighted by Gasteiger charge is -2.25. The number of nitrogens with zero attached hydrogens (tertiary/aromatic N) is 3. The van der Waals surface area contributed by atoms with Gasteiger partial charge in [0.1, 0.15) is 0 Å². The summed E-state index contributed by atoms with van der Waals surface area (Å²) in [5, 5.41) is 9.03. The van der Waals surface area contributed by atoms with E-state index >= 15 is 0 Å². The molecular formula is C16H21N3O. The molecule has 0 aromatic heterocycles. The highest BCUT2D eigenvalue weighted by Gasteiger charge is 2.22. The maximum atomic E-state index is 11.7. The van der Waals surface area contributed by atoms with Gasteiger partial charge >= 0.3 is 0 Å². The molecule has 4 heteroatoms. The first-order chi connectivity index (χ1) is 9.51. The highest BCUT2D eigenvalue weighted by Crippen LogP contribution is 2.24. The SMILES string of the molecule is CC(=O)c1ccc(C#N)cc1N(C)CC1CCN(C)C1. The lowest BCUT2D eigenvalue weighted by Crippen LogP contribution is -2.28. The molecule has 0 spiro atoms. The molecule has 20 heavy (non-hydrogen) atoms. The van der Waals surface area contributed by atoms with Crippen LogP contribution in [0.25, 0.3) is 0 Å². The molecule has 0 amide bonds. The topological polar surface area (TPSA) is 47.3 Å². The number of benzene rings is 1. The Labute approximate surface area is 120 Å². The average Bonchev–Trinajstić information content (AvgIpc) is 2.83. The number of anilines is 1. The van der Waals surface area contributed by atoms with Gasteiger partial charge in [-0.1, -0.05) is 0 Å². The Morgan fingerprint density at radius 3 is 2.85 bits per heavy atom. The largest absolute Gasteiger partial charge is 0.374 e. The van der Waals surface area contributed by atoms with Gasteiger partial charge in [0.05, 0.1) is 11.6 Å². The lowest BCUT2D eigenvalue weighted by molar-refractivity contribution is 0.101. The first kappa shape index (κ1) is 14.5. The average molecular weight is 271 g/mol. The molecule has 1 aliphatic heterocycles. The van der Waals surface area contributed by atoms with E-state index in [0.717, 1.165) is 25.3 Å². The van der Waals surface area contributed by atoms with E-state index < -0.39 is 0 Å². The normalized spacial score (nSPS) is 18.8. The zero-order chi connectivity index (χ0) is 14.7. The van der Waals surface area contributed by atoms with Crippen molar-refractivity contribution in [2.24, 2.45) is 5.92 Å². The number of Topliss-reactive ketones (excluding diaryl/α,β-unsaturated/α-hetero) is 1. The smallest absolute Gasteiger partial charge is 0.161 e. The second kappa shape index (κ2) is 6.06. The van der Waals surface area contributed by atoms with Crippen LogP contribution >= 0.6 is 0 Å². The van der Waals surface area contributed by atoms with Crippen LogP contribution in [0.2, 0.25) is 0 Å². The number of carbonyl (C=O) groups is 1. The minimum Gasteiger partial charge on any atom is -0.374 e. The number of ketones is 1. The highest BCUT2D eigenvalue weighted by atomic mass is 16.1.